The van der Waals surface area contributed by atoms with Gasteiger partial charge < -0.3 is 14.6 Å². The molecule has 140 valence electrons. The highest BCUT2D eigenvalue weighted by atomic mass is 16.5. The fraction of sp³-hybridized carbons (Fsp3) is 0.556. The zero-order valence-corrected chi connectivity index (χ0v) is 15.4. The lowest BCUT2D eigenvalue weighted by Crippen LogP contribution is -2.38. The number of hydrogen-bond donors (Lipinski definition) is 2. The molecular formula is C18H25N5O3. The Kier molecular flexibility index (Phi) is 5.82. The number of carbonyl (C=O) groups excluding carboxylic acids is 1. The first-order valence-corrected chi connectivity index (χ1v) is 8.95. The summed E-state index contributed by atoms with van der Waals surface area (Å²) in [7, 11) is 0. The molecule has 0 aliphatic carbocycles. The number of amides is 2. The first-order valence-electron chi connectivity index (χ1n) is 8.95. The summed E-state index contributed by atoms with van der Waals surface area (Å²) in [5, 5.41) is 9.78. The van der Waals surface area contributed by atoms with Crippen molar-refractivity contribution in [2.75, 3.05) is 18.5 Å². The molecule has 0 aromatic carbocycles. The van der Waals surface area contributed by atoms with Crippen LogP contribution in [0.3, 0.4) is 0 Å². The molecule has 26 heavy (non-hydrogen) atoms. The predicted octanol–water partition coefficient (Wildman–Crippen LogP) is 3.19. The van der Waals surface area contributed by atoms with Gasteiger partial charge in [-0.1, -0.05) is 25.1 Å². The van der Waals surface area contributed by atoms with Gasteiger partial charge >= 0.3 is 6.03 Å². The van der Waals surface area contributed by atoms with Crippen molar-refractivity contribution < 1.29 is 14.1 Å². The maximum absolute atomic E-state index is 12.5. The molecule has 0 radical (unpaired) electrons. The summed E-state index contributed by atoms with van der Waals surface area (Å²) >= 11 is 0. The molecule has 2 amide bonds. The van der Waals surface area contributed by atoms with Crippen molar-refractivity contribution in [1.29, 1.82) is 0 Å². The molecule has 2 aromatic heterocycles. The van der Waals surface area contributed by atoms with E-state index >= 15 is 0 Å². The number of carbonyl (C=O) groups is 1. The minimum absolute atomic E-state index is 0.160. The van der Waals surface area contributed by atoms with Crippen LogP contribution >= 0.6 is 0 Å². The topological polar surface area (TPSA) is 102 Å². The van der Waals surface area contributed by atoms with E-state index in [0.29, 0.717) is 30.7 Å². The molecule has 0 spiro atoms. The van der Waals surface area contributed by atoms with E-state index < -0.39 is 0 Å². The number of nitrogens with one attached hydrogen (secondary N) is 2. The van der Waals surface area contributed by atoms with Gasteiger partial charge in [0, 0.05) is 24.8 Å². The summed E-state index contributed by atoms with van der Waals surface area (Å²) in [6.07, 6.45) is 1.65. The molecule has 1 fully saturated rings. The van der Waals surface area contributed by atoms with E-state index in [1.165, 1.54) is 0 Å². The van der Waals surface area contributed by atoms with Crippen LogP contribution in [0.4, 0.5) is 10.6 Å². The van der Waals surface area contributed by atoms with Crippen LogP contribution in [0.25, 0.3) is 0 Å². The Labute approximate surface area is 152 Å². The zero-order valence-electron chi connectivity index (χ0n) is 15.4. The van der Waals surface area contributed by atoms with Gasteiger partial charge in [0.25, 0.3) is 0 Å². The predicted molar refractivity (Wildman–Crippen MR) is 95.8 cm³/mol. The van der Waals surface area contributed by atoms with Crippen molar-refractivity contribution in [3.8, 4) is 0 Å². The minimum Gasteiger partial charge on any atom is -0.381 e. The Morgan fingerprint density at radius 1 is 1.23 bits per heavy atom. The van der Waals surface area contributed by atoms with Crippen molar-refractivity contribution >= 4 is 11.8 Å². The Hall–Kier alpha value is -2.48. The molecule has 1 aliphatic rings. The van der Waals surface area contributed by atoms with Crippen LogP contribution in [0.2, 0.25) is 0 Å². The number of pyridine rings is 1. The molecule has 3 heterocycles. The highest BCUT2D eigenvalue weighted by Gasteiger charge is 2.31. The quantitative estimate of drug-likeness (QED) is 0.850. The summed E-state index contributed by atoms with van der Waals surface area (Å²) in [5.74, 6) is 1.92. The van der Waals surface area contributed by atoms with Crippen LogP contribution in [-0.4, -0.2) is 34.4 Å². The third kappa shape index (κ3) is 4.57. The van der Waals surface area contributed by atoms with Crippen LogP contribution in [0, 0.1) is 12.8 Å². The lowest BCUT2D eigenvalue weighted by molar-refractivity contribution is 0.0506. The maximum atomic E-state index is 12.5. The molecule has 1 aliphatic heterocycles. The molecule has 2 N–H and O–H groups in total. The van der Waals surface area contributed by atoms with Crippen molar-refractivity contribution in [1.82, 2.24) is 20.4 Å². The lowest BCUT2D eigenvalue weighted by atomic mass is 9.91. The monoisotopic (exact) mass is 359 g/mol. The van der Waals surface area contributed by atoms with Gasteiger partial charge in [0.15, 0.2) is 5.82 Å². The number of rotatable bonds is 5. The first-order chi connectivity index (χ1) is 12.5. The Morgan fingerprint density at radius 3 is 2.65 bits per heavy atom. The number of hydrogen-bond acceptors (Lipinski definition) is 6. The molecular weight excluding hydrogens is 334 g/mol. The number of anilines is 1. The van der Waals surface area contributed by atoms with E-state index in [-0.39, 0.29) is 23.9 Å². The highest BCUT2D eigenvalue weighted by molar-refractivity contribution is 5.88. The molecule has 0 bridgehead atoms. The van der Waals surface area contributed by atoms with Crippen molar-refractivity contribution in [3.05, 3.63) is 35.6 Å². The standard InChI is InChI=1S/C18H25N5O3/c1-11(2)16-22-17(26-23-16)15(13-7-9-25-10-8-13)21-18(24)20-14-6-4-5-12(3)19-14/h4-6,11,13,15H,7-10H2,1-3H3,(H2,19,20,21,24). The van der Waals surface area contributed by atoms with Gasteiger partial charge in [-0.2, -0.15) is 4.98 Å². The second-order valence-electron chi connectivity index (χ2n) is 6.84. The van der Waals surface area contributed by atoms with E-state index in [0.717, 1.165) is 18.5 Å². The average molecular weight is 359 g/mol. The van der Waals surface area contributed by atoms with Crippen LogP contribution in [0.5, 0.6) is 0 Å². The van der Waals surface area contributed by atoms with E-state index in [4.69, 9.17) is 9.26 Å². The van der Waals surface area contributed by atoms with Gasteiger partial charge in [-0.05, 0) is 37.8 Å². The second-order valence-corrected chi connectivity index (χ2v) is 6.84. The number of urea groups is 1. The van der Waals surface area contributed by atoms with Gasteiger partial charge in [-0.25, -0.2) is 9.78 Å². The van der Waals surface area contributed by atoms with E-state index in [1.54, 1.807) is 6.07 Å². The molecule has 8 nitrogen and oxygen atoms in total. The highest BCUT2D eigenvalue weighted by Crippen LogP contribution is 2.30. The molecule has 0 saturated carbocycles. The number of nitrogens with zero attached hydrogens (tertiary/aromatic N) is 3. The number of aryl methyl sites for hydroxylation is 1. The van der Waals surface area contributed by atoms with E-state index in [1.807, 2.05) is 32.9 Å². The number of aromatic nitrogens is 3. The third-order valence-electron chi connectivity index (χ3n) is 4.39. The van der Waals surface area contributed by atoms with Gasteiger partial charge in [-0.15, -0.1) is 0 Å². The molecule has 1 unspecified atom stereocenters. The van der Waals surface area contributed by atoms with Gasteiger partial charge in [0.05, 0.1) is 0 Å². The summed E-state index contributed by atoms with van der Waals surface area (Å²) in [5.41, 5.74) is 0.835. The Bertz CT molecular complexity index is 740. The van der Waals surface area contributed by atoms with Crippen LogP contribution in [0.15, 0.2) is 22.7 Å². The maximum Gasteiger partial charge on any atom is 0.321 e. The van der Waals surface area contributed by atoms with Gasteiger partial charge in [-0.3, -0.25) is 5.32 Å². The minimum atomic E-state index is -0.358. The molecule has 1 saturated heterocycles. The van der Waals surface area contributed by atoms with E-state index in [9.17, 15) is 4.79 Å². The smallest absolute Gasteiger partial charge is 0.321 e. The van der Waals surface area contributed by atoms with Crippen LogP contribution in [-0.2, 0) is 4.74 Å². The van der Waals surface area contributed by atoms with Crippen LogP contribution < -0.4 is 10.6 Å². The van der Waals surface area contributed by atoms with Crippen molar-refractivity contribution in [2.45, 2.75) is 45.6 Å². The Balaban J connectivity index is 1.75. The fourth-order valence-corrected chi connectivity index (χ4v) is 2.94. The summed E-state index contributed by atoms with van der Waals surface area (Å²) < 4.78 is 10.9. The van der Waals surface area contributed by atoms with Gasteiger partial charge in [0.1, 0.15) is 11.9 Å². The third-order valence-corrected chi connectivity index (χ3v) is 4.39. The summed E-state index contributed by atoms with van der Waals surface area (Å²) in [6, 6.07) is 4.77. The van der Waals surface area contributed by atoms with Crippen LogP contribution in [0.1, 0.15) is 56.1 Å². The fourth-order valence-electron chi connectivity index (χ4n) is 2.94. The second kappa shape index (κ2) is 8.27. The Morgan fingerprint density at radius 2 is 2.00 bits per heavy atom. The molecule has 1 atom stereocenters. The van der Waals surface area contributed by atoms with Crippen molar-refractivity contribution in [3.63, 3.8) is 0 Å². The first kappa shape index (κ1) is 18.3. The summed E-state index contributed by atoms with van der Waals surface area (Å²) in [4.78, 5) is 21.3. The summed E-state index contributed by atoms with van der Waals surface area (Å²) in [6.45, 7) is 7.20. The molecule has 2 aromatic rings. The van der Waals surface area contributed by atoms with Crippen molar-refractivity contribution in [2.24, 2.45) is 5.92 Å². The average Bonchev–Trinajstić information content (AvgIpc) is 3.10. The van der Waals surface area contributed by atoms with E-state index in [2.05, 4.69) is 25.8 Å². The lowest BCUT2D eigenvalue weighted by Gasteiger charge is -2.28. The zero-order chi connectivity index (χ0) is 18.5. The molecule has 8 heteroatoms. The molecule has 3 rings (SSSR count). The normalized spacial score (nSPS) is 16.5. The largest absolute Gasteiger partial charge is 0.381 e. The SMILES string of the molecule is Cc1cccc(NC(=O)NC(c2nc(C(C)C)no2)C2CCOCC2)n1. The van der Waals surface area contributed by atoms with Gasteiger partial charge in [0.2, 0.25) is 5.89 Å². The number of ether oxygens (including phenoxy) is 1.